The van der Waals surface area contributed by atoms with Gasteiger partial charge in [0.15, 0.2) is 0 Å². The standard InChI is InChI=1S/C23H25F3N4OS/c1-14-10-15(12-16(11-14)29-20-27-9-4-18(30-20)23(24,25)26)17-13-28-19(32-17)21(2)5-7-22(3,31)8-6-21/h4,9-13,31H,5-8H2,1-3H3,(H,27,29,30). The predicted molar refractivity (Wildman–Crippen MR) is 119 cm³/mol. The monoisotopic (exact) mass is 462 g/mol. The summed E-state index contributed by atoms with van der Waals surface area (Å²) in [6.07, 6.45) is 1.64. The number of aryl methyl sites for hydroxylation is 1. The lowest BCUT2D eigenvalue weighted by Crippen LogP contribution is -2.37. The minimum atomic E-state index is -4.53. The second-order valence-corrected chi connectivity index (χ2v) is 10.1. The zero-order valence-corrected chi connectivity index (χ0v) is 18.9. The highest BCUT2D eigenvalue weighted by atomic mass is 32.1. The van der Waals surface area contributed by atoms with Gasteiger partial charge in [0.25, 0.3) is 0 Å². The number of hydrogen-bond acceptors (Lipinski definition) is 6. The lowest BCUT2D eigenvalue weighted by Gasteiger charge is -2.39. The highest BCUT2D eigenvalue weighted by molar-refractivity contribution is 7.15. The Morgan fingerprint density at radius 2 is 1.78 bits per heavy atom. The molecule has 0 spiro atoms. The molecule has 2 heterocycles. The van der Waals surface area contributed by atoms with Crippen LogP contribution in [-0.2, 0) is 11.6 Å². The van der Waals surface area contributed by atoms with Crippen LogP contribution in [0.2, 0.25) is 0 Å². The Labute approximate surface area is 188 Å². The van der Waals surface area contributed by atoms with E-state index in [0.29, 0.717) is 5.69 Å². The molecular weight excluding hydrogens is 437 g/mol. The number of thiazole rings is 1. The molecule has 0 atom stereocenters. The van der Waals surface area contributed by atoms with Crippen molar-refractivity contribution in [3.05, 3.63) is 52.9 Å². The van der Waals surface area contributed by atoms with E-state index in [9.17, 15) is 18.3 Å². The maximum Gasteiger partial charge on any atom is 0.433 e. The molecule has 0 unspecified atom stereocenters. The lowest BCUT2D eigenvalue weighted by atomic mass is 9.71. The van der Waals surface area contributed by atoms with Gasteiger partial charge in [0.05, 0.1) is 15.5 Å². The van der Waals surface area contributed by atoms with E-state index >= 15 is 0 Å². The SMILES string of the molecule is Cc1cc(Nc2nccc(C(F)(F)F)n2)cc(-c2cnc(C3(C)CCC(C)(O)CC3)s2)c1. The summed E-state index contributed by atoms with van der Waals surface area (Å²) in [7, 11) is 0. The third-order valence-corrected chi connectivity index (χ3v) is 7.37. The van der Waals surface area contributed by atoms with Crippen LogP contribution in [0.15, 0.2) is 36.7 Å². The lowest BCUT2D eigenvalue weighted by molar-refractivity contribution is -0.141. The van der Waals surface area contributed by atoms with Crippen LogP contribution < -0.4 is 5.32 Å². The minimum absolute atomic E-state index is 0.0675. The van der Waals surface area contributed by atoms with E-state index in [1.165, 1.54) is 0 Å². The second kappa shape index (κ2) is 8.12. The number of anilines is 2. The molecule has 0 radical (unpaired) electrons. The first-order valence-corrected chi connectivity index (χ1v) is 11.2. The average molecular weight is 463 g/mol. The number of halogens is 3. The molecule has 2 N–H and O–H groups in total. The van der Waals surface area contributed by atoms with Crippen LogP contribution in [0, 0.1) is 6.92 Å². The molecule has 0 amide bonds. The highest BCUT2D eigenvalue weighted by Crippen LogP contribution is 2.45. The number of benzene rings is 1. The van der Waals surface area contributed by atoms with E-state index in [0.717, 1.165) is 59.0 Å². The summed E-state index contributed by atoms with van der Waals surface area (Å²) in [5, 5.41) is 14.2. The summed E-state index contributed by atoms with van der Waals surface area (Å²) >= 11 is 1.62. The zero-order valence-electron chi connectivity index (χ0n) is 18.1. The van der Waals surface area contributed by atoms with Crippen LogP contribution in [0.5, 0.6) is 0 Å². The maximum atomic E-state index is 12.9. The van der Waals surface area contributed by atoms with Crippen LogP contribution in [0.3, 0.4) is 0 Å². The predicted octanol–water partition coefficient (Wildman–Crippen LogP) is 6.25. The summed E-state index contributed by atoms with van der Waals surface area (Å²) < 4.78 is 38.8. The van der Waals surface area contributed by atoms with E-state index in [2.05, 4.69) is 27.2 Å². The number of aliphatic hydroxyl groups is 1. The molecule has 170 valence electrons. The van der Waals surface area contributed by atoms with Crippen LogP contribution >= 0.6 is 11.3 Å². The fourth-order valence-electron chi connectivity index (χ4n) is 3.94. The second-order valence-electron chi connectivity index (χ2n) is 9.06. The van der Waals surface area contributed by atoms with Gasteiger partial charge in [0, 0.05) is 23.5 Å². The van der Waals surface area contributed by atoms with Gasteiger partial charge in [0.1, 0.15) is 5.69 Å². The first-order valence-electron chi connectivity index (χ1n) is 10.4. The molecule has 0 aliphatic heterocycles. The van der Waals surface area contributed by atoms with Crippen molar-refractivity contribution in [3.8, 4) is 10.4 Å². The summed E-state index contributed by atoms with van der Waals surface area (Å²) in [6, 6.07) is 6.56. The van der Waals surface area contributed by atoms with Crippen LogP contribution in [0.25, 0.3) is 10.4 Å². The van der Waals surface area contributed by atoms with Crippen molar-refractivity contribution < 1.29 is 18.3 Å². The fraction of sp³-hybridized carbons (Fsp3) is 0.435. The molecule has 2 aromatic heterocycles. The minimum Gasteiger partial charge on any atom is -0.390 e. The Balaban J connectivity index is 1.58. The first-order chi connectivity index (χ1) is 14.9. The van der Waals surface area contributed by atoms with Crippen LogP contribution in [0.1, 0.15) is 55.8 Å². The molecule has 32 heavy (non-hydrogen) atoms. The molecule has 4 rings (SSSR count). The zero-order chi connectivity index (χ0) is 23.1. The molecule has 0 saturated heterocycles. The molecule has 1 aliphatic rings. The van der Waals surface area contributed by atoms with E-state index in [1.54, 1.807) is 11.3 Å². The number of nitrogens with zero attached hydrogens (tertiary/aromatic N) is 3. The molecule has 1 aliphatic carbocycles. The van der Waals surface area contributed by atoms with Gasteiger partial charge < -0.3 is 10.4 Å². The Morgan fingerprint density at radius 3 is 2.47 bits per heavy atom. The van der Waals surface area contributed by atoms with Gasteiger partial charge in [-0.2, -0.15) is 13.2 Å². The van der Waals surface area contributed by atoms with Crippen LogP contribution in [0.4, 0.5) is 24.8 Å². The number of nitrogens with one attached hydrogen (secondary N) is 1. The molecule has 9 heteroatoms. The van der Waals surface area contributed by atoms with E-state index in [4.69, 9.17) is 0 Å². The van der Waals surface area contributed by atoms with Gasteiger partial charge in [-0.15, -0.1) is 11.3 Å². The summed E-state index contributed by atoms with van der Waals surface area (Å²) in [4.78, 5) is 13.2. The molecule has 5 nitrogen and oxygen atoms in total. The Kier molecular flexibility index (Phi) is 5.75. The van der Waals surface area contributed by atoms with Crippen molar-refractivity contribution in [2.45, 2.75) is 63.6 Å². The summed E-state index contributed by atoms with van der Waals surface area (Å²) in [6.45, 7) is 6.00. The summed E-state index contributed by atoms with van der Waals surface area (Å²) in [5.74, 6) is -0.108. The van der Waals surface area contributed by atoms with Gasteiger partial charge in [-0.3, -0.25) is 0 Å². The number of hydrogen-bond donors (Lipinski definition) is 2. The van der Waals surface area contributed by atoms with Gasteiger partial charge in [-0.25, -0.2) is 15.0 Å². The third kappa shape index (κ3) is 4.94. The quantitative estimate of drug-likeness (QED) is 0.479. The smallest absolute Gasteiger partial charge is 0.390 e. The maximum absolute atomic E-state index is 12.9. The molecule has 3 aromatic rings. The van der Waals surface area contributed by atoms with Crippen molar-refractivity contribution in [2.75, 3.05) is 5.32 Å². The Bertz CT molecular complexity index is 1120. The number of aromatic nitrogens is 3. The van der Waals surface area contributed by atoms with Gasteiger partial charge in [-0.05, 0) is 68.9 Å². The molecule has 1 aromatic carbocycles. The summed E-state index contributed by atoms with van der Waals surface area (Å²) in [5.41, 5.74) is 0.815. The van der Waals surface area contributed by atoms with Crippen molar-refractivity contribution in [1.82, 2.24) is 15.0 Å². The first kappa shape index (κ1) is 22.7. The molecular formula is C23H25F3N4OS. The normalized spacial score (nSPS) is 23.8. The topological polar surface area (TPSA) is 70.9 Å². The Morgan fingerprint density at radius 1 is 1.06 bits per heavy atom. The third-order valence-electron chi connectivity index (χ3n) is 6.02. The molecule has 1 fully saturated rings. The number of rotatable bonds is 4. The van der Waals surface area contributed by atoms with Gasteiger partial charge in [-0.1, -0.05) is 13.0 Å². The van der Waals surface area contributed by atoms with Crippen LogP contribution in [-0.4, -0.2) is 25.7 Å². The Hall–Kier alpha value is -2.52. The highest BCUT2D eigenvalue weighted by Gasteiger charge is 2.39. The van der Waals surface area contributed by atoms with Crippen molar-refractivity contribution in [1.29, 1.82) is 0 Å². The van der Waals surface area contributed by atoms with Crippen molar-refractivity contribution in [2.24, 2.45) is 0 Å². The van der Waals surface area contributed by atoms with Gasteiger partial charge >= 0.3 is 6.18 Å². The molecule has 0 bridgehead atoms. The number of alkyl halides is 3. The van der Waals surface area contributed by atoms with Gasteiger partial charge in [0.2, 0.25) is 5.95 Å². The largest absolute Gasteiger partial charge is 0.433 e. The molecule has 1 saturated carbocycles. The fourth-order valence-corrected chi connectivity index (χ4v) is 5.05. The van der Waals surface area contributed by atoms with E-state index in [1.807, 2.05) is 38.2 Å². The van der Waals surface area contributed by atoms with Crippen molar-refractivity contribution in [3.63, 3.8) is 0 Å². The van der Waals surface area contributed by atoms with E-state index in [-0.39, 0.29) is 11.4 Å². The van der Waals surface area contributed by atoms with Crippen molar-refractivity contribution >= 4 is 23.0 Å². The average Bonchev–Trinajstić information content (AvgIpc) is 3.21. The van der Waals surface area contributed by atoms with E-state index < -0.39 is 17.5 Å².